The van der Waals surface area contributed by atoms with Crippen LogP contribution < -0.4 is 0 Å². The van der Waals surface area contributed by atoms with Gasteiger partial charge in [-0.05, 0) is 79.7 Å². The maximum atomic E-state index is 3.57. The standard InChI is InChI=1S/C18H34S3/c1-2-3-4-5-10-21-18-14-15-12-16(17(18)13-15)7-11-20-9-6-8-19/h15-19H,2-14H2,1H3/p+1. The van der Waals surface area contributed by atoms with Crippen LogP contribution in [0.4, 0.5) is 0 Å². The Morgan fingerprint density at radius 2 is 1.86 bits per heavy atom. The van der Waals surface area contributed by atoms with Gasteiger partial charge in [-0.15, -0.1) is 0 Å². The summed E-state index contributed by atoms with van der Waals surface area (Å²) in [5.41, 5.74) is 0. The highest BCUT2D eigenvalue weighted by Gasteiger charge is 2.45. The summed E-state index contributed by atoms with van der Waals surface area (Å²) in [6.45, 7) is 2.31. The van der Waals surface area contributed by atoms with Gasteiger partial charge in [0, 0.05) is 11.7 Å². The van der Waals surface area contributed by atoms with Gasteiger partial charge in [-0.1, -0.05) is 26.2 Å². The summed E-state index contributed by atoms with van der Waals surface area (Å²) in [5.74, 6) is 8.61. The van der Waals surface area contributed by atoms with Gasteiger partial charge in [0.2, 0.25) is 0 Å². The molecule has 3 heteroatoms. The number of thioether (sulfide) groups is 2. The minimum absolute atomic E-state index is 1.03. The zero-order chi connectivity index (χ0) is 14.9. The molecule has 0 aromatic rings. The van der Waals surface area contributed by atoms with E-state index in [2.05, 4.69) is 43.1 Å². The molecule has 2 saturated carbocycles. The van der Waals surface area contributed by atoms with E-state index >= 15 is 0 Å². The first-order valence-corrected chi connectivity index (χ1v) is 12.1. The van der Waals surface area contributed by atoms with Gasteiger partial charge >= 0.3 is 0 Å². The Morgan fingerprint density at radius 1 is 0.952 bits per heavy atom. The Kier molecular flexibility index (Phi) is 9.42. The first-order chi connectivity index (χ1) is 10.3. The molecule has 0 amide bonds. The van der Waals surface area contributed by atoms with Crippen LogP contribution in [0.15, 0.2) is 0 Å². The molecular weight excluding hydrogens is 312 g/mol. The van der Waals surface area contributed by atoms with Crippen molar-refractivity contribution < 1.29 is 0 Å². The normalized spacial score (nSPS) is 31.1. The maximum absolute atomic E-state index is 3.57. The van der Waals surface area contributed by atoms with Crippen LogP contribution in [0.1, 0.15) is 64.7 Å². The van der Waals surface area contributed by atoms with Crippen molar-refractivity contribution in [3.05, 3.63) is 0 Å². The van der Waals surface area contributed by atoms with E-state index in [0.29, 0.717) is 0 Å². The topological polar surface area (TPSA) is 0 Å². The van der Waals surface area contributed by atoms with Crippen molar-refractivity contribution in [2.75, 3.05) is 23.0 Å². The van der Waals surface area contributed by atoms with E-state index in [1.54, 1.807) is 19.3 Å². The number of unbranched alkanes of at least 4 members (excludes halogenated alkanes) is 3. The molecule has 2 fully saturated rings. The van der Waals surface area contributed by atoms with Gasteiger partial charge in [-0.25, -0.2) is 0 Å². The Morgan fingerprint density at radius 3 is 2.62 bits per heavy atom. The van der Waals surface area contributed by atoms with E-state index in [9.17, 15) is 0 Å². The number of rotatable bonds is 12. The molecule has 4 atom stereocenters. The molecule has 2 aliphatic rings. The predicted molar refractivity (Wildman–Crippen MR) is 106 cm³/mol. The zero-order valence-corrected chi connectivity index (χ0v) is 16.5. The van der Waals surface area contributed by atoms with Crippen molar-refractivity contribution in [3.8, 4) is 0 Å². The van der Waals surface area contributed by atoms with Crippen LogP contribution in [0.2, 0.25) is 0 Å². The van der Waals surface area contributed by atoms with Crippen LogP contribution in [0, 0.1) is 17.8 Å². The molecule has 2 aliphatic carbocycles. The van der Waals surface area contributed by atoms with Crippen molar-refractivity contribution in [1.29, 1.82) is 0 Å². The van der Waals surface area contributed by atoms with Crippen molar-refractivity contribution in [3.63, 3.8) is 0 Å². The van der Waals surface area contributed by atoms with E-state index in [0.717, 1.165) is 28.8 Å². The fraction of sp³-hybridized carbons (Fsp3) is 1.00. The molecule has 0 saturated heterocycles. The lowest BCUT2D eigenvalue weighted by atomic mass is 9.86. The van der Waals surface area contributed by atoms with E-state index in [1.165, 1.54) is 55.8 Å². The lowest BCUT2D eigenvalue weighted by Gasteiger charge is -2.29. The van der Waals surface area contributed by atoms with E-state index in [4.69, 9.17) is 0 Å². The first kappa shape index (κ1) is 18.4. The van der Waals surface area contributed by atoms with Crippen LogP contribution in [0.25, 0.3) is 0 Å². The molecule has 0 aromatic carbocycles. The quantitative estimate of drug-likeness (QED) is 0.350. The third-order valence-electron chi connectivity index (χ3n) is 5.32. The maximum Gasteiger partial charge on any atom is 0.104 e. The van der Waals surface area contributed by atoms with E-state index in [-0.39, 0.29) is 0 Å². The van der Waals surface area contributed by atoms with Crippen molar-refractivity contribution in [1.82, 2.24) is 0 Å². The monoisotopic (exact) mass is 347 g/mol. The Hall–Kier alpha value is 1.05. The Labute approximate surface area is 146 Å². The lowest BCUT2D eigenvalue weighted by molar-refractivity contribution is 0.335. The van der Waals surface area contributed by atoms with Gasteiger partial charge in [0.25, 0.3) is 0 Å². The minimum Gasteiger partial charge on any atom is -0.162 e. The molecule has 21 heavy (non-hydrogen) atoms. The molecule has 2 bridgehead atoms. The fourth-order valence-corrected chi connectivity index (χ4v) is 7.34. The second-order valence-corrected chi connectivity index (χ2v) is 10.0. The highest BCUT2D eigenvalue weighted by Crippen LogP contribution is 2.54. The second kappa shape index (κ2) is 10.8. The molecule has 124 valence electrons. The molecule has 4 unspecified atom stereocenters. The Balaban J connectivity index is 1.58. The molecule has 0 spiro atoms. The summed E-state index contributed by atoms with van der Waals surface area (Å²) < 4.78 is 0. The van der Waals surface area contributed by atoms with Gasteiger partial charge in [0.1, 0.15) is 5.75 Å². The smallest absolute Gasteiger partial charge is 0.104 e. The zero-order valence-electron chi connectivity index (χ0n) is 13.8. The highest BCUT2D eigenvalue weighted by atomic mass is 32.2. The summed E-state index contributed by atoms with van der Waals surface area (Å²) in [5, 5.41) is 1.03. The van der Waals surface area contributed by atoms with Crippen molar-refractivity contribution in [2.24, 2.45) is 17.8 Å². The third-order valence-corrected chi connectivity index (χ3v) is 8.27. The van der Waals surface area contributed by atoms with E-state index < -0.39 is 0 Å². The molecule has 2 rings (SSSR count). The van der Waals surface area contributed by atoms with Crippen LogP contribution in [-0.4, -0.2) is 28.3 Å². The molecule has 0 aliphatic heterocycles. The summed E-state index contributed by atoms with van der Waals surface area (Å²) in [6.07, 6.45) is 13.2. The number of hydrogen-bond donors (Lipinski definition) is 0. The van der Waals surface area contributed by atoms with Crippen LogP contribution in [0.3, 0.4) is 0 Å². The lowest BCUT2D eigenvalue weighted by Crippen LogP contribution is -2.23. The SMILES string of the molecule is CCCCCCSC1CC2CC(CCSCCC[SH2+])C1C2. The summed E-state index contributed by atoms with van der Waals surface area (Å²) >= 11 is 8.09. The second-order valence-electron chi connectivity index (χ2n) is 6.97. The predicted octanol–water partition coefficient (Wildman–Crippen LogP) is 5.24. The summed E-state index contributed by atoms with van der Waals surface area (Å²) in [4.78, 5) is 0. The van der Waals surface area contributed by atoms with Gasteiger partial charge < -0.3 is 0 Å². The highest BCUT2D eigenvalue weighted by molar-refractivity contribution is 8.00. The van der Waals surface area contributed by atoms with Gasteiger partial charge in [-0.2, -0.15) is 23.5 Å². The Bertz CT molecular complexity index is 245. The molecule has 0 heterocycles. The van der Waals surface area contributed by atoms with Crippen molar-refractivity contribution in [2.45, 2.75) is 70.0 Å². The number of hydrogen-bond acceptors (Lipinski definition) is 2. The summed E-state index contributed by atoms with van der Waals surface area (Å²) in [6, 6.07) is 0. The third kappa shape index (κ3) is 6.22. The summed E-state index contributed by atoms with van der Waals surface area (Å²) in [7, 11) is 0. The fourth-order valence-electron chi connectivity index (χ4n) is 4.23. The molecule has 0 radical (unpaired) electrons. The van der Waals surface area contributed by atoms with Gasteiger partial charge in [0.05, 0.1) is 0 Å². The van der Waals surface area contributed by atoms with Crippen LogP contribution >= 0.6 is 23.5 Å². The molecule has 0 N–H and O–H groups in total. The molecular formula is C18H35S3+. The average molecular weight is 348 g/mol. The largest absolute Gasteiger partial charge is 0.162 e. The van der Waals surface area contributed by atoms with E-state index in [1.807, 2.05) is 0 Å². The molecule has 0 aromatic heterocycles. The number of fused-ring (bicyclic) bond motifs is 2. The average Bonchev–Trinajstić information content (AvgIpc) is 3.06. The first-order valence-electron chi connectivity index (χ1n) is 9.19. The van der Waals surface area contributed by atoms with Gasteiger partial charge in [0.15, 0.2) is 0 Å². The minimum atomic E-state index is 1.03. The van der Waals surface area contributed by atoms with Gasteiger partial charge in [-0.3, -0.25) is 0 Å². The van der Waals surface area contributed by atoms with Crippen LogP contribution in [0.5, 0.6) is 0 Å². The van der Waals surface area contributed by atoms with Crippen molar-refractivity contribution >= 4 is 36.2 Å². The van der Waals surface area contributed by atoms with Crippen LogP contribution in [-0.2, 0) is 12.6 Å². The molecule has 0 nitrogen and oxygen atoms in total.